The third-order valence-corrected chi connectivity index (χ3v) is 11.8. The molecular formula is C52H53NO6S. The maximum Gasteiger partial charge on any atom is 0.125 e. The number of thiophene rings is 1. The Bertz CT molecular complexity index is 2290. The molecule has 0 radical (unpaired) electrons. The van der Waals surface area contributed by atoms with Crippen LogP contribution in [0.25, 0.3) is 10.1 Å². The van der Waals surface area contributed by atoms with E-state index in [4.69, 9.17) is 28.4 Å². The SMILES string of the molecule is CNCCOc1ccc(Cc2cc3ccccc3s2)cc1[C@@H]1O[C@H](COCc2ccccc2)[C@@H](OCc2ccccc2)[C@H](OCc2ccccc2)[C@H]1OCc1ccccc1. The molecule has 0 amide bonds. The minimum Gasteiger partial charge on any atom is -0.492 e. The summed E-state index contributed by atoms with van der Waals surface area (Å²) in [5, 5.41) is 4.48. The van der Waals surface area contributed by atoms with E-state index in [1.165, 1.54) is 15.0 Å². The van der Waals surface area contributed by atoms with Crippen molar-refractivity contribution in [2.75, 3.05) is 26.8 Å². The summed E-state index contributed by atoms with van der Waals surface area (Å²) in [6.45, 7) is 2.98. The van der Waals surface area contributed by atoms with Crippen molar-refractivity contribution in [3.05, 3.63) is 208 Å². The lowest BCUT2D eigenvalue weighted by Gasteiger charge is -2.46. The summed E-state index contributed by atoms with van der Waals surface area (Å²) in [4.78, 5) is 1.29. The third-order valence-electron chi connectivity index (χ3n) is 10.7. The van der Waals surface area contributed by atoms with Crippen LogP contribution in [-0.4, -0.2) is 51.2 Å². The van der Waals surface area contributed by atoms with Gasteiger partial charge in [-0.1, -0.05) is 146 Å². The number of hydrogen-bond donors (Lipinski definition) is 1. The predicted molar refractivity (Wildman–Crippen MR) is 239 cm³/mol. The van der Waals surface area contributed by atoms with Crippen LogP contribution in [0, 0.1) is 0 Å². The average Bonchev–Trinajstić information content (AvgIpc) is 3.71. The van der Waals surface area contributed by atoms with Gasteiger partial charge in [0.15, 0.2) is 0 Å². The number of ether oxygens (including phenoxy) is 6. The molecule has 0 saturated carbocycles. The second-order valence-electron chi connectivity index (χ2n) is 15.1. The quantitative estimate of drug-likeness (QED) is 0.0769. The molecule has 0 bridgehead atoms. The first-order valence-corrected chi connectivity index (χ1v) is 21.6. The first kappa shape index (κ1) is 41.6. The number of nitrogens with one attached hydrogen (secondary N) is 1. The number of benzene rings is 6. The van der Waals surface area contributed by atoms with Gasteiger partial charge in [0.25, 0.3) is 0 Å². The highest BCUT2D eigenvalue weighted by molar-refractivity contribution is 7.19. The lowest BCUT2D eigenvalue weighted by Crippen LogP contribution is -2.58. The predicted octanol–water partition coefficient (Wildman–Crippen LogP) is 10.5. The fourth-order valence-corrected chi connectivity index (χ4v) is 8.79. The van der Waals surface area contributed by atoms with Crippen LogP contribution in [0.3, 0.4) is 0 Å². The van der Waals surface area contributed by atoms with Crippen LogP contribution in [0.4, 0.5) is 0 Å². The van der Waals surface area contributed by atoms with Crippen LogP contribution in [0.2, 0.25) is 0 Å². The van der Waals surface area contributed by atoms with E-state index in [0.717, 1.165) is 45.6 Å². The van der Waals surface area contributed by atoms with Crippen molar-refractivity contribution < 1.29 is 28.4 Å². The Balaban J connectivity index is 1.20. The van der Waals surface area contributed by atoms with E-state index in [-0.39, 0.29) is 6.61 Å². The zero-order valence-electron chi connectivity index (χ0n) is 34.1. The Kier molecular flexibility index (Phi) is 14.8. The van der Waals surface area contributed by atoms with Gasteiger partial charge in [-0.2, -0.15) is 0 Å². The summed E-state index contributed by atoms with van der Waals surface area (Å²) in [6.07, 6.45) is -2.03. The van der Waals surface area contributed by atoms with Crippen molar-refractivity contribution in [1.29, 1.82) is 0 Å². The molecule has 1 fully saturated rings. The van der Waals surface area contributed by atoms with Crippen molar-refractivity contribution in [3.8, 4) is 5.75 Å². The molecule has 1 aromatic heterocycles. The van der Waals surface area contributed by atoms with E-state index < -0.39 is 30.5 Å². The number of fused-ring (bicyclic) bond motifs is 1. The molecule has 6 aromatic carbocycles. The van der Waals surface area contributed by atoms with Crippen molar-refractivity contribution in [2.45, 2.75) is 63.4 Å². The Labute approximate surface area is 357 Å². The fraction of sp³-hybridized carbons (Fsp3) is 0.269. The molecule has 2 heterocycles. The standard InChI is InChI=1S/C52H53NO6S/c1-53-28-29-55-46-27-26-42(30-44-32-43-24-14-15-25-48(43)60-44)31-45(46)49-51(57-35-40-20-10-4-11-21-40)52(58-36-41-22-12-5-13-23-41)50(56-34-39-18-8-3-9-19-39)47(59-49)37-54-33-38-16-6-2-7-17-38/h2-27,31-32,47,49-53H,28-30,33-37H2,1H3/t47-,49+,50-,51+,52+/m1/s1. The van der Waals surface area contributed by atoms with Gasteiger partial charge in [0.2, 0.25) is 0 Å². The van der Waals surface area contributed by atoms with Gasteiger partial charge in [-0.3, -0.25) is 0 Å². The lowest BCUT2D eigenvalue weighted by atomic mass is 9.89. The van der Waals surface area contributed by atoms with Crippen LogP contribution in [-0.2, 0) is 56.5 Å². The third kappa shape index (κ3) is 11.2. The molecule has 308 valence electrons. The molecule has 1 aliphatic rings. The summed E-state index contributed by atoms with van der Waals surface area (Å²) in [5.41, 5.74) is 6.32. The minimum atomic E-state index is -0.594. The van der Waals surface area contributed by atoms with E-state index >= 15 is 0 Å². The van der Waals surface area contributed by atoms with Crippen LogP contribution in [0.15, 0.2) is 170 Å². The van der Waals surface area contributed by atoms with Crippen LogP contribution in [0.5, 0.6) is 5.75 Å². The number of likely N-dealkylation sites (N-methyl/N-ethyl adjacent to an activating group) is 1. The van der Waals surface area contributed by atoms with Gasteiger partial charge in [-0.15, -0.1) is 11.3 Å². The van der Waals surface area contributed by atoms with Crippen LogP contribution < -0.4 is 10.1 Å². The Morgan fingerprint density at radius 2 is 1.10 bits per heavy atom. The Morgan fingerprint density at radius 3 is 1.70 bits per heavy atom. The van der Waals surface area contributed by atoms with Crippen LogP contribution in [0.1, 0.15) is 44.4 Å². The smallest absolute Gasteiger partial charge is 0.125 e. The van der Waals surface area contributed by atoms with E-state index in [1.807, 2.05) is 91.2 Å². The van der Waals surface area contributed by atoms with Gasteiger partial charge in [0.05, 0.1) is 33.0 Å². The topological polar surface area (TPSA) is 67.4 Å². The van der Waals surface area contributed by atoms with Gasteiger partial charge >= 0.3 is 0 Å². The van der Waals surface area contributed by atoms with Crippen LogP contribution >= 0.6 is 11.3 Å². The van der Waals surface area contributed by atoms with Gasteiger partial charge < -0.3 is 33.7 Å². The van der Waals surface area contributed by atoms with E-state index in [2.05, 4.69) is 102 Å². The van der Waals surface area contributed by atoms with E-state index in [0.29, 0.717) is 39.6 Å². The van der Waals surface area contributed by atoms with Gasteiger partial charge in [-0.05, 0) is 64.5 Å². The van der Waals surface area contributed by atoms with Crippen molar-refractivity contribution in [3.63, 3.8) is 0 Å². The molecule has 1 saturated heterocycles. The minimum absolute atomic E-state index is 0.277. The monoisotopic (exact) mass is 819 g/mol. The fourth-order valence-electron chi connectivity index (χ4n) is 7.69. The molecule has 1 N–H and O–H groups in total. The summed E-state index contributed by atoms with van der Waals surface area (Å²) in [5.74, 6) is 0.748. The summed E-state index contributed by atoms with van der Waals surface area (Å²) in [7, 11) is 1.93. The zero-order chi connectivity index (χ0) is 40.8. The van der Waals surface area contributed by atoms with Crippen molar-refractivity contribution in [1.82, 2.24) is 5.32 Å². The molecule has 0 unspecified atom stereocenters. The summed E-state index contributed by atoms with van der Waals surface area (Å²) >= 11 is 1.83. The summed E-state index contributed by atoms with van der Waals surface area (Å²) < 4.78 is 42.8. The molecule has 60 heavy (non-hydrogen) atoms. The largest absolute Gasteiger partial charge is 0.492 e. The van der Waals surface area contributed by atoms with Gasteiger partial charge in [0.1, 0.15) is 42.9 Å². The van der Waals surface area contributed by atoms with Gasteiger partial charge in [-0.25, -0.2) is 0 Å². The summed E-state index contributed by atoms with van der Waals surface area (Å²) in [6, 6.07) is 58.3. The second-order valence-corrected chi connectivity index (χ2v) is 16.3. The maximum absolute atomic E-state index is 7.35. The van der Waals surface area contributed by atoms with Gasteiger partial charge in [0, 0.05) is 28.1 Å². The molecule has 7 aromatic rings. The van der Waals surface area contributed by atoms with Crippen molar-refractivity contribution >= 4 is 21.4 Å². The first-order chi connectivity index (χ1) is 29.7. The van der Waals surface area contributed by atoms with E-state index in [9.17, 15) is 0 Å². The van der Waals surface area contributed by atoms with Crippen molar-refractivity contribution in [2.24, 2.45) is 0 Å². The zero-order valence-corrected chi connectivity index (χ0v) is 34.9. The average molecular weight is 820 g/mol. The lowest BCUT2D eigenvalue weighted by molar-refractivity contribution is -0.275. The number of rotatable bonds is 20. The molecule has 0 spiro atoms. The maximum atomic E-state index is 7.35. The molecule has 8 rings (SSSR count). The molecule has 0 aliphatic carbocycles. The number of hydrogen-bond acceptors (Lipinski definition) is 8. The molecular weight excluding hydrogens is 767 g/mol. The Morgan fingerprint density at radius 1 is 0.550 bits per heavy atom. The second kappa shape index (κ2) is 21.4. The Hall–Kier alpha value is -5.16. The molecule has 7 nitrogen and oxygen atoms in total. The highest BCUT2D eigenvalue weighted by Crippen LogP contribution is 2.42. The van der Waals surface area contributed by atoms with E-state index in [1.54, 1.807) is 0 Å². The highest BCUT2D eigenvalue weighted by Gasteiger charge is 2.49. The molecule has 5 atom stereocenters. The normalized spacial score (nSPS) is 19.1. The highest BCUT2D eigenvalue weighted by atomic mass is 32.1. The molecule has 1 aliphatic heterocycles. The molecule has 8 heteroatoms. The first-order valence-electron chi connectivity index (χ1n) is 20.8.